The summed E-state index contributed by atoms with van der Waals surface area (Å²) in [4.78, 5) is 19.1. The number of carbonyl (C=O) groups is 1. The van der Waals surface area contributed by atoms with Crippen molar-refractivity contribution in [3.05, 3.63) is 36.2 Å². The van der Waals surface area contributed by atoms with Crippen molar-refractivity contribution in [3.8, 4) is 17.2 Å². The van der Waals surface area contributed by atoms with Crippen LogP contribution >= 0.6 is 0 Å². The van der Waals surface area contributed by atoms with Gasteiger partial charge in [-0.3, -0.25) is 4.79 Å². The van der Waals surface area contributed by atoms with Crippen LogP contribution in [0.5, 0.6) is 5.75 Å². The minimum absolute atomic E-state index is 0.234. The molecule has 1 fully saturated rings. The molecule has 5 nitrogen and oxygen atoms in total. The third kappa shape index (κ3) is 8.78. The zero-order valence-electron chi connectivity index (χ0n) is 20.6. The van der Waals surface area contributed by atoms with Crippen molar-refractivity contribution in [2.45, 2.75) is 91.5 Å². The van der Waals surface area contributed by atoms with E-state index in [0.29, 0.717) is 30.5 Å². The van der Waals surface area contributed by atoms with Gasteiger partial charge in [0.25, 0.3) is 0 Å². The van der Waals surface area contributed by atoms with Gasteiger partial charge in [0.2, 0.25) is 5.89 Å². The number of rotatable bonds is 13. The van der Waals surface area contributed by atoms with E-state index < -0.39 is 0 Å². The van der Waals surface area contributed by atoms with E-state index in [-0.39, 0.29) is 5.78 Å². The number of unbranched alkanes of at least 4 members (excludes halogenated alkanes) is 3. The summed E-state index contributed by atoms with van der Waals surface area (Å²) in [5.41, 5.74) is 1.61. The molecule has 1 atom stereocenters. The molecule has 2 aromatic rings. The smallest absolute Gasteiger partial charge is 0.226 e. The van der Waals surface area contributed by atoms with Crippen LogP contribution in [-0.4, -0.2) is 41.4 Å². The highest BCUT2D eigenvalue weighted by molar-refractivity contribution is 5.80. The largest absolute Gasteiger partial charge is 0.494 e. The first kappa shape index (κ1) is 26.1. The van der Waals surface area contributed by atoms with Crippen LogP contribution in [-0.2, 0) is 11.2 Å². The fraction of sp³-hybridized carbons (Fsp3) is 0.630. The molecule has 0 spiro atoms. The first-order valence-electron chi connectivity index (χ1n) is 12.6. The van der Waals surface area contributed by atoms with Crippen LogP contribution in [0.3, 0.4) is 0 Å². The van der Waals surface area contributed by atoms with E-state index in [1.54, 1.807) is 6.26 Å². The fourth-order valence-corrected chi connectivity index (χ4v) is 4.04. The van der Waals surface area contributed by atoms with E-state index in [0.717, 1.165) is 43.7 Å². The number of hydrogen-bond donors (Lipinski definition) is 0. The number of oxazole rings is 1. The Hall–Kier alpha value is -2.14. The average molecular weight is 443 g/mol. The van der Waals surface area contributed by atoms with E-state index >= 15 is 0 Å². The average Bonchev–Trinajstić information content (AvgIpc) is 3.45. The molecule has 32 heavy (non-hydrogen) atoms. The Morgan fingerprint density at radius 3 is 2.62 bits per heavy atom. The molecule has 1 aliphatic rings. The molecular formula is C27H42N2O3. The Kier molecular flexibility index (Phi) is 12.1. The SMILES string of the molecule is CC.CCCCCCC(=O)Cc1coc(-c2ccc(OCCCN3CCCC3C)cc2)n1. The van der Waals surface area contributed by atoms with Crippen molar-refractivity contribution in [2.24, 2.45) is 0 Å². The summed E-state index contributed by atoms with van der Waals surface area (Å²) >= 11 is 0. The summed E-state index contributed by atoms with van der Waals surface area (Å²) < 4.78 is 11.5. The van der Waals surface area contributed by atoms with Crippen LogP contribution in [0, 0.1) is 0 Å². The molecule has 0 saturated carbocycles. The van der Waals surface area contributed by atoms with Crippen molar-refractivity contribution < 1.29 is 13.9 Å². The lowest BCUT2D eigenvalue weighted by molar-refractivity contribution is -0.118. The number of ether oxygens (including phenoxy) is 1. The number of benzene rings is 1. The maximum Gasteiger partial charge on any atom is 0.226 e. The molecule has 1 aromatic heterocycles. The van der Waals surface area contributed by atoms with Gasteiger partial charge in [-0.25, -0.2) is 4.98 Å². The van der Waals surface area contributed by atoms with Crippen molar-refractivity contribution >= 4 is 5.78 Å². The lowest BCUT2D eigenvalue weighted by Gasteiger charge is -2.20. The van der Waals surface area contributed by atoms with E-state index in [4.69, 9.17) is 9.15 Å². The lowest BCUT2D eigenvalue weighted by Crippen LogP contribution is -2.28. The van der Waals surface area contributed by atoms with Crippen LogP contribution in [0.4, 0.5) is 0 Å². The summed E-state index contributed by atoms with van der Waals surface area (Å²) in [5.74, 6) is 1.65. The Morgan fingerprint density at radius 1 is 1.16 bits per heavy atom. The number of aromatic nitrogens is 1. The second-order valence-corrected chi connectivity index (χ2v) is 8.42. The molecule has 1 aliphatic heterocycles. The third-order valence-corrected chi connectivity index (χ3v) is 5.89. The predicted molar refractivity (Wildman–Crippen MR) is 131 cm³/mol. The summed E-state index contributed by atoms with van der Waals surface area (Å²) in [6, 6.07) is 8.54. The summed E-state index contributed by atoms with van der Waals surface area (Å²) in [7, 11) is 0. The van der Waals surface area contributed by atoms with Crippen LogP contribution in [0.15, 0.2) is 34.9 Å². The molecule has 0 amide bonds. The molecule has 1 saturated heterocycles. The lowest BCUT2D eigenvalue weighted by atomic mass is 10.1. The van der Waals surface area contributed by atoms with Gasteiger partial charge < -0.3 is 14.1 Å². The topological polar surface area (TPSA) is 55.6 Å². The van der Waals surface area contributed by atoms with Crippen molar-refractivity contribution in [2.75, 3.05) is 19.7 Å². The molecule has 5 heteroatoms. The van der Waals surface area contributed by atoms with E-state index in [9.17, 15) is 4.79 Å². The van der Waals surface area contributed by atoms with Gasteiger partial charge in [0.15, 0.2) is 0 Å². The Bertz CT molecular complexity index is 769. The van der Waals surface area contributed by atoms with Gasteiger partial charge in [0.1, 0.15) is 17.8 Å². The minimum atomic E-state index is 0.234. The van der Waals surface area contributed by atoms with E-state index in [1.165, 1.54) is 32.2 Å². The Labute approximate surface area is 194 Å². The van der Waals surface area contributed by atoms with Gasteiger partial charge in [-0.05, 0) is 63.4 Å². The quantitative estimate of drug-likeness (QED) is 0.323. The molecule has 3 rings (SSSR count). The Balaban J connectivity index is 0.00000176. The number of likely N-dealkylation sites (tertiary alicyclic amines) is 1. The maximum atomic E-state index is 12.1. The fourth-order valence-electron chi connectivity index (χ4n) is 4.04. The Morgan fingerprint density at radius 2 is 1.94 bits per heavy atom. The highest BCUT2D eigenvalue weighted by atomic mass is 16.5. The first-order valence-corrected chi connectivity index (χ1v) is 12.6. The van der Waals surface area contributed by atoms with Crippen molar-refractivity contribution in [1.82, 2.24) is 9.88 Å². The van der Waals surface area contributed by atoms with Crippen molar-refractivity contribution in [3.63, 3.8) is 0 Å². The number of hydrogen-bond acceptors (Lipinski definition) is 5. The first-order chi connectivity index (χ1) is 15.7. The molecule has 0 radical (unpaired) electrons. The second kappa shape index (κ2) is 14.8. The molecule has 0 aliphatic carbocycles. The normalized spacial score (nSPS) is 15.9. The van der Waals surface area contributed by atoms with Crippen LogP contribution in [0.1, 0.15) is 84.8 Å². The zero-order valence-corrected chi connectivity index (χ0v) is 20.6. The van der Waals surface area contributed by atoms with Gasteiger partial charge in [-0.1, -0.05) is 40.0 Å². The van der Waals surface area contributed by atoms with Gasteiger partial charge >= 0.3 is 0 Å². The summed E-state index contributed by atoms with van der Waals surface area (Å²) in [6.07, 6.45) is 10.7. The zero-order chi connectivity index (χ0) is 23.2. The molecule has 178 valence electrons. The summed E-state index contributed by atoms with van der Waals surface area (Å²) in [5, 5.41) is 0. The molecule has 1 aromatic carbocycles. The second-order valence-electron chi connectivity index (χ2n) is 8.42. The van der Waals surface area contributed by atoms with Gasteiger partial charge in [-0.2, -0.15) is 0 Å². The maximum absolute atomic E-state index is 12.1. The van der Waals surface area contributed by atoms with Crippen molar-refractivity contribution in [1.29, 1.82) is 0 Å². The number of ketones is 1. The highest BCUT2D eigenvalue weighted by Crippen LogP contribution is 2.23. The van der Waals surface area contributed by atoms with Crippen LogP contribution in [0.2, 0.25) is 0 Å². The van der Waals surface area contributed by atoms with E-state index in [2.05, 4.69) is 23.7 Å². The van der Waals surface area contributed by atoms with Gasteiger partial charge in [-0.15, -0.1) is 0 Å². The molecule has 0 N–H and O–H groups in total. The number of carbonyl (C=O) groups excluding carboxylic acids is 1. The predicted octanol–water partition coefficient (Wildman–Crippen LogP) is 6.70. The van der Waals surface area contributed by atoms with Gasteiger partial charge in [0.05, 0.1) is 18.7 Å². The molecular weight excluding hydrogens is 400 g/mol. The standard InChI is InChI=1S/C25H36N2O3.C2H6/c1-3-4-5-6-10-23(28)18-22-19-30-25(26-22)21-11-13-24(14-12-21)29-17-8-16-27-15-7-9-20(27)2;1-2/h11-14,19-20H,3-10,15-18H2,1-2H3;1-2H3. The molecule has 1 unspecified atom stereocenters. The minimum Gasteiger partial charge on any atom is -0.494 e. The van der Waals surface area contributed by atoms with Gasteiger partial charge in [0, 0.05) is 24.6 Å². The number of Topliss-reactive ketones (excluding diaryl/α,β-unsaturated/α-hetero) is 1. The third-order valence-electron chi connectivity index (χ3n) is 5.89. The highest BCUT2D eigenvalue weighted by Gasteiger charge is 2.19. The number of nitrogens with zero attached hydrogens (tertiary/aromatic N) is 2. The molecule has 2 heterocycles. The van der Waals surface area contributed by atoms with E-state index in [1.807, 2.05) is 38.1 Å². The van der Waals surface area contributed by atoms with Crippen LogP contribution < -0.4 is 4.74 Å². The monoisotopic (exact) mass is 442 g/mol. The molecule has 0 bridgehead atoms. The van der Waals surface area contributed by atoms with Crippen LogP contribution in [0.25, 0.3) is 11.5 Å². The summed E-state index contributed by atoms with van der Waals surface area (Å²) in [6.45, 7) is 11.5.